The highest BCUT2D eigenvalue weighted by molar-refractivity contribution is 7.26. The largest absolute Gasteiger partial charge is 0.379 e. The maximum absolute atomic E-state index is 4.85. The molecule has 7 rings (SSSR count). The lowest BCUT2D eigenvalue weighted by Crippen LogP contribution is -2.59. The Morgan fingerprint density at radius 3 is 2.59 bits per heavy atom. The van der Waals surface area contributed by atoms with Crippen LogP contribution in [0.2, 0.25) is 0 Å². The molecule has 3 aliphatic rings. The molecule has 146 valence electrons. The fourth-order valence-electron chi connectivity index (χ4n) is 5.33. The van der Waals surface area contributed by atoms with Crippen LogP contribution >= 0.6 is 11.3 Å². The van der Waals surface area contributed by atoms with Gasteiger partial charge in [-0.05, 0) is 57.0 Å². The smallest absolute Gasteiger partial charge is 0.0718 e. The molecule has 4 heteroatoms. The standard InChI is InChI=1S/C25H25N3S/c1-16-24(17-11-13-28(16)14-12-17)27-18-9-10-22(26-15-18)21-7-4-6-20-19-5-2-3-8-23(19)29-25(20)21/h2-10,15-17,24,27H,11-14H2,1H3. The molecule has 5 heterocycles. The molecule has 2 bridgehead atoms. The molecule has 2 atom stereocenters. The third-order valence-electron chi connectivity index (χ3n) is 6.95. The van der Waals surface area contributed by atoms with Crippen molar-refractivity contribution in [2.75, 3.05) is 18.4 Å². The van der Waals surface area contributed by atoms with Gasteiger partial charge in [-0.25, -0.2) is 0 Å². The Bertz CT molecular complexity index is 1170. The molecule has 2 unspecified atom stereocenters. The van der Waals surface area contributed by atoms with E-state index in [0.29, 0.717) is 12.1 Å². The lowest BCUT2D eigenvalue weighted by Gasteiger charge is -2.50. The van der Waals surface area contributed by atoms with Crippen LogP contribution in [-0.4, -0.2) is 35.1 Å². The molecule has 1 N–H and O–H groups in total. The van der Waals surface area contributed by atoms with Crippen LogP contribution in [0.4, 0.5) is 5.69 Å². The van der Waals surface area contributed by atoms with E-state index in [2.05, 4.69) is 71.7 Å². The second kappa shape index (κ2) is 6.82. The lowest BCUT2D eigenvalue weighted by atomic mass is 9.79. The second-order valence-electron chi connectivity index (χ2n) is 8.50. The van der Waals surface area contributed by atoms with Crippen LogP contribution < -0.4 is 5.32 Å². The fraction of sp³-hybridized carbons (Fsp3) is 0.320. The van der Waals surface area contributed by atoms with Gasteiger partial charge < -0.3 is 5.32 Å². The molecule has 0 amide bonds. The Kier molecular flexibility index (Phi) is 4.10. The fourth-order valence-corrected chi connectivity index (χ4v) is 6.55. The number of nitrogens with zero attached hydrogens (tertiary/aromatic N) is 2. The van der Waals surface area contributed by atoms with Gasteiger partial charge in [-0.2, -0.15) is 0 Å². The number of thiophene rings is 1. The first-order valence-electron chi connectivity index (χ1n) is 10.7. The highest BCUT2D eigenvalue weighted by Gasteiger charge is 2.39. The molecular weight excluding hydrogens is 374 g/mol. The molecule has 3 nitrogen and oxygen atoms in total. The SMILES string of the molecule is CC1C(Nc2ccc(-c3cccc4c3sc3ccccc34)nc2)C2CCN1CC2. The summed E-state index contributed by atoms with van der Waals surface area (Å²) in [4.78, 5) is 7.48. The zero-order valence-electron chi connectivity index (χ0n) is 16.6. The van der Waals surface area contributed by atoms with E-state index >= 15 is 0 Å². The lowest BCUT2D eigenvalue weighted by molar-refractivity contribution is 0.0458. The van der Waals surface area contributed by atoms with Crippen molar-refractivity contribution in [1.29, 1.82) is 0 Å². The van der Waals surface area contributed by atoms with Crippen molar-refractivity contribution in [1.82, 2.24) is 9.88 Å². The summed E-state index contributed by atoms with van der Waals surface area (Å²) in [6.07, 6.45) is 4.66. The molecule has 29 heavy (non-hydrogen) atoms. The van der Waals surface area contributed by atoms with Gasteiger partial charge in [-0.3, -0.25) is 9.88 Å². The Hall–Kier alpha value is -2.43. The second-order valence-corrected chi connectivity index (χ2v) is 9.55. The minimum atomic E-state index is 0.538. The van der Waals surface area contributed by atoms with Crippen molar-refractivity contribution in [3.8, 4) is 11.3 Å². The monoisotopic (exact) mass is 399 g/mol. The van der Waals surface area contributed by atoms with Gasteiger partial charge in [0.15, 0.2) is 0 Å². The van der Waals surface area contributed by atoms with E-state index < -0.39 is 0 Å². The summed E-state index contributed by atoms with van der Waals surface area (Å²) in [5, 5.41) is 6.46. The summed E-state index contributed by atoms with van der Waals surface area (Å²) in [7, 11) is 0. The van der Waals surface area contributed by atoms with Gasteiger partial charge in [0.1, 0.15) is 0 Å². The first-order valence-corrected chi connectivity index (χ1v) is 11.5. The summed E-state index contributed by atoms with van der Waals surface area (Å²) in [5.74, 6) is 0.793. The van der Waals surface area contributed by atoms with Crippen LogP contribution in [0.3, 0.4) is 0 Å². The average molecular weight is 400 g/mol. The molecule has 3 saturated heterocycles. The van der Waals surface area contributed by atoms with E-state index in [1.165, 1.54) is 51.7 Å². The normalized spacial score (nSPS) is 26.2. The highest BCUT2D eigenvalue weighted by atomic mass is 32.1. The van der Waals surface area contributed by atoms with Gasteiger partial charge in [-0.1, -0.05) is 36.4 Å². The molecule has 0 aliphatic carbocycles. The average Bonchev–Trinajstić information content (AvgIpc) is 3.16. The summed E-state index contributed by atoms with van der Waals surface area (Å²) >= 11 is 1.86. The van der Waals surface area contributed by atoms with Gasteiger partial charge in [-0.15, -0.1) is 11.3 Å². The maximum atomic E-state index is 4.85. The van der Waals surface area contributed by atoms with E-state index in [1.807, 2.05) is 17.5 Å². The molecule has 0 radical (unpaired) electrons. The van der Waals surface area contributed by atoms with Crippen molar-refractivity contribution in [3.05, 3.63) is 60.8 Å². The number of fused-ring (bicyclic) bond motifs is 6. The number of aromatic nitrogens is 1. The number of hydrogen-bond donors (Lipinski definition) is 1. The number of hydrogen-bond acceptors (Lipinski definition) is 4. The molecule has 3 aliphatic heterocycles. The van der Waals surface area contributed by atoms with Gasteiger partial charge >= 0.3 is 0 Å². The molecule has 2 aromatic heterocycles. The van der Waals surface area contributed by atoms with E-state index in [-0.39, 0.29) is 0 Å². The number of rotatable bonds is 3. The van der Waals surface area contributed by atoms with Crippen LogP contribution in [0.1, 0.15) is 19.8 Å². The Labute approximate surface area is 175 Å². The molecule has 0 saturated carbocycles. The van der Waals surface area contributed by atoms with Crippen LogP contribution in [0.25, 0.3) is 31.4 Å². The first-order chi connectivity index (χ1) is 14.3. The number of nitrogens with one attached hydrogen (secondary N) is 1. The van der Waals surface area contributed by atoms with Gasteiger partial charge in [0.25, 0.3) is 0 Å². The van der Waals surface area contributed by atoms with Crippen LogP contribution in [0.5, 0.6) is 0 Å². The molecule has 2 aromatic carbocycles. The third kappa shape index (κ3) is 2.85. The predicted molar refractivity (Wildman–Crippen MR) is 124 cm³/mol. The maximum Gasteiger partial charge on any atom is 0.0718 e. The van der Waals surface area contributed by atoms with Crippen molar-refractivity contribution < 1.29 is 0 Å². The predicted octanol–water partition coefficient (Wildman–Crippen LogP) is 6.01. The van der Waals surface area contributed by atoms with E-state index in [9.17, 15) is 0 Å². The number of piperidine rings is 3. The van der Waals surface area contributed by atoms with Crippen molar-refractivity contribution >= 4 is 37.2 Å². The minimum Gasteiger partial charge on any atom is -0.379 e. The Morgan fingerprint density at radius 2 is 1.79 bits per heavy atom. The van der Waals surface area contributed by atoms with Crippen LogP contribution in [0, 0.1) is 5.92 Å². The van der Waals surface area contributed by atoms with E-state index in [0.717, 1.165) is 17.3 Å². The molecule has 3 fully saturated rings. The first kappa shape index (κ1) is 17.4. The van der Waals surface area contributed by atoms with Crippen LogP contribution in [0.15, 0.2) is 60.8 Å². The van der Waals surface area contributed by atoms with Crippen molar-refractivity contribution in [2.24, 2.45) is 5.92 Å². The van der Waals surface area contributed by atoms with Crippen LogP contribution in [-0.2, 0) is 0 Å². The topological polar surface area (TPSA) is 28.2 Å². The Morgan fingerprint density at radius 1 is 0.966 bits per heavy atom. The summed E-state index contributed by atoms with van der Waals surface area (Å²) < 4.78 is 2.66. The third-order valence-corrected chi connectivity index (χ3v) is 8.17. The van der Waals surface area contributed by atoms with Crippen molar-refractivity contribution in [2.45, 2.75) is 31.8 Å². The molecule has 4 aromatic rings. The Balaban J connectivity index is 1.32. The molecular formula is C25H25N3S. The number of benzene rings is 2. The zero-order chi connectivity index (χ0) is 19.4. The van der Waals surface area contributed by atoms with Gasteiger partial charge in [0.2, 0.25) is 0 Å². The quantitative estimate of drug-likeness (QED) is 0.457. The van der Waals surface area contributed by atoms with E-state index in [4.69, 9.17) is 4.98 Å². The van der Waals surface area contributed by atoms with Gasteiger partial charge in [0.05, 0.1) is 17.6 Å². The number of pyridine rings is 1. The van der Waals surface area contributed by atoms with E-state index in [1.54, 1.807) is 0 Å². The minimum absolute atomic E-state index is 0.538. The highest BCUT2D eigenvalue weighted by Crippen LogP contribution is 2.39. The summed E-state index contributed by atoms with van der Waals surface area (Å²) in [6.45, 7) is 4.90. The molecule has 0 spiro atoms. The number of anilines is 1. The summed E-state index contributed by atoms with van der Waals surface area (Å²) in [5.41, 5.74) is 3.42. The summed E-state index contributed by atoms with van der Waals surface area (Å²) in [6, 6.07) is 20.8. The van der Waals surface area contributed by atoms with Gasteiger partial charge in [0, 0.05) is 37.8 Å². The van der Waals surface area contributed by atoms with Crippen molar-refractivity contribution in [3.63, 3.8) is 0 Å². The zero-order valence-corrected chi connectivity index (χ0v) is 17.5.